The molecular weight excluding hydrogens is 244 g/mol. The first-order chi connectivity index (χ1) is 9.22. The van der Waals surface area contributed by atoms with Crippen LogP contribution in [-0.4, -0.2) is 41.3 Å². The summed E-state index contributed by atoms with van der Waals surface area (Å²) in [5.41, 5.74) is 6.23. The van der Waals surface area contributed by atoms with E-state index in [1.54, 1.807) is 17.3 Å². The van der Waals surface area contributed by atoms with Crippen molar-refractivity contribution in [1.82, 2.24) is 15.2 Å². The summed E-state index contributed by atoms with van der Waals surface area (Å²) in [5, 5.41) is 2.51. The second kappa shape index (κ2) is 6.29. The highest BCUT2D eigenvalue weighted by Crippen LogP contribution is 2.31. The second-order valence-corrected chi connectivity index (χ2v) is 4.51. The molecule has 0 spiro atoms. The van der Waals surface area contributed by atoms with Gasteiger partial charge >= 0.3 is 0 Å². The van der Waals surface area contributed by atoms with Crippen LogP contribution in [0, 0.1) is 0 Å². The van der Waals surface area contributed by atoms with Crippen molar-refractivity contribution in [2.75, 3.05) is 19.6 Å². The van der Waals surface area contributed by atoms with Crippen molar-refractivity contribution in [3.63, 3.8) is 0 Å². The number of nitrogens with one attached hydrogen (secondary N) is 1. The summed E-state index contributed by atoms with van der Waals surface area (Å²) in [6, 6.07) is 3.91. The van der Waals surface area contributed by atoms with E-state index in [-0.39, 0.29) is 30.9 Å². The lowest BCUT2D eigenvalue weighted by atomic mass is 10.1. The van der Waals surface area contributed by atoms with Crippen molar-refractivity contribution in [1.29, 1.82) is 0 Å². The average Bonchev–Trinajstić information content (AvgIpc) is 2.94. The van der Waals surface area contributed by atoms with Gasteiger partial charge in [0.05, 0.1) is 19.1 Å². The van der Waals surface area contributed by atoms with Crippen molar-refractivity contribution in [2.45, 2.75) is 18.9 Å². The van der Waals surface area contributed by atoms with Crippen LogP contribution in [0.3, 0.4) is 0 Å². The highest BCUT2D eigenvalue weighted by molar-refractivity contribution is 5.85. The lowest BCUT2D eigenvalue weighted by Crippen LogP contribution is -2.41. The highest BCUT2D eigenvalue weighted by Gasteiger charge is 2.29. The summed E-state index contributed by atoms with van der Waals surface area (Å²) in [4.78, 5) is 29.1. The standard InChI is InChI=1S/C13H18N4O2/c14-7-12(18)16-9-13(19)17-6-2-4-11(17)10-3-1-5-15-8-10/h1,3,5,8,11H,2,4,6-7,9,14H2,(H,16,18). The predicted molar refractivity (Wildman–Crippen MR) is 70.0 cm³/mol. The Hall–Kier alpha value is -1.95. The third-order valence-electron chi connectivity index (χ3n) is 3.26. The number of pyridine rings is 1. The molecule has 19 heavy (non-hydrogen) atoms. The third kappa shape index (κ3) is 3.29. The molecule has 0 aromatic carbocycles. The van der Waals surface area contributed by atoms with Gasteiger partial charge in [0.15, 0.2) is 0 Å². The molecule has 1 saturated heterocycles. The van der Waals surface area contributed by atoms with E-state index in [1.807, 2.05) is 12.1 Å². The van der Waals surface area contributed by atoms with E-state index in [0.29, 0.717) is 0 Å². The summed E-state index contributed by atoms with van der Waals surface area (Å²) in [7, 11) is 0. The SMILES string of the molecule is NCC(=O)NCC(=O)N1CCCC1c1cccnc1. The summed E-state index contributed by atoms with van der Waals surface area (Å²) in [6.07, 6.45) is 5.40. The maximum absolute atomic E-state index is 12.1. The molecule has 3 N–H and O–H groups in total. The molecule has 2 rings (SSSR count). The highest BCUT2D eigenvalue weighted by atomic mass is 16.2. The van der Waals surface area contributed by atoms with E-state index in [4.69, 9.17) is 5.73 Å². The maximum Gasteiger partial charge on any atom is 0.242 e. The molecule has 1 aliphatic heterocycles. The number of amides is 2. The molecule has 2 heterocycles. The summed E-state index contributed by atoms with van der Waals surface area (Å²) in [6.45, 7) is 0.628. The van der Waals surface area contributed by atoms with Crippen LogP contribution < -0.4 is 11.1 Å². The first-order valence-electron chi connectivity index (χ1n) is 6.38. The predicted octanol–water partition coefficient (Wildman–Crippen LogP) is -0.180. The molecule has 1 atom stereocenters. The van der Waals surface area contributed by atoms with Gasteiger partial charge in [-0.25, -0.2) is 0 Å². The number of rotatable bonds is 4. The molecule has 0 bridgehead atoms. The number of hydrogen-bond donors (Lipinski definition) is 2. The number of hydrogen-bond acceptors (Lipinski definition) is 4. The van der Waals surface area contributed by atoms with Gasteiger partial charge in [0.2, 0.25) is 11.8 Å². The number of nitrogens with zero attached hydrogens (tertiary/aromatic N) is 2. The topological polar surface area (TPSA) is 88.3 Å². The monoisotopic (exact) mass is 262 g/mol. The molecule has 1 aromatic heterocycles. The fourth-order valence-corrected chi connectivity index (χ4v) is 2.33. The first-order valence-corrected chi connectivity index (χ1v) is 6.38. The molecule has 102 valence electrons. The summed E-state index contributed by atoms with van der Waals surface area (Å²) < 4.78 is 0. The lowest BCUT2D eigenvalue weighted by molar-refractivity contribution is -0.133. The number of carbonyl (C=O) groups excluding carboxylic acids is 2. The molecule has 1 aliphatic rings. The van der Waals surface area contributed by atoms with Crippen LogP contribution in [-0.2, 0) is 9.59 Å². The zero-order chi connectivity index (χ0) is 13.7. The Labute approximate surface area is 112 Å². The van der Waals surface area contributed by atoms with Crippen molar-refractivity contribution in [2.24, 2.45) is 5.73 Å². The smallest absolute Gasteiger partial charge is 0.242 e. The van der Waals surface area contributed by atoms with Gasteiger partial charge in [-0.05, 0) is 24.5 Å². The Kier molecular flexibility index (Phi) is 4.46. The fourth-order valence-electron chi connectivity index (χ4n) is 2.33. The Bertz CT molecular complexity index is 449. The van der Waals surface area contributed by atoms with E-state index in [9.17, 15) is 9.59 Å². The van der Waals surface area contributed by atoms with Crippen molar-refractivity contribution in [3.8, 4) is 0 Å². The zero-order valence-corrected chi connectivity index (χ0v) is 10.7. The van der Waals surface area contributed by atoms with Crippen molar-refractivity contribution >= 4 is 11.8 Å². The fraction of sp³-hybridized carbons (Fsp3) is 0.462. The second-order valence-electron chi connectivity index (χ2n) is 4.51. The lowest BCUT2D eigenvalue weighted by Gasteiger charge is -2.25. The minimum absolute atomic E-state index is 0.00674. The van der Waals surface area contributed by atoms with Crippen LogP contribution in [0.25, 0.3) is 0 Å². The molecule has 0 saturated carbocycles. The summed E-state index contributed by atoms with van der Waals surface area (Å²) >= 11 is 0. The minimum atomic E-state index is -0.314. The Morgan fingerprint density at radius 3 is 3.05 bits per heavy atom. The van der Waals surface area contributed by atoms with Gasteiger partial charge in [0.1, 0.15) is 0 Å². The molecule has 1 aromatic rings. The van der Waals surface area contributed by atoms with Crippen LogP contribution in [0.5, 0.6) is 0 Å². The van der Waals surface area contributed by atoms with Crippen LogP contribution >= 0.6 is 0 Å². The van der Waals surface area contributed by atoms with Gasteiger partial charge < -0.3 is 16.0 Å². The number of nitrogens with two attached hydrogens (primary N) is 1. The minimum Gasteiger partial charge on any atom is -0.346 e. The molecule has 0 aliphatic carbocycles. The normalized spacial score (nSPS) is 18.4. The molecule has 0 radical (unpaired) electrons. The van der Waals surface area contributed by atoms with Crippen molar-refractivity contribution in [3.05, 3.63) is 30.1 Å². The quantitative estimate of drug-likeness (QED) is 0.788. The van der Waals surface area contributed by atoms with E-state index in [2.05, 4.69) is 10.3 Å². The number of carbonyl (C=O) groups is 2. The molecule has 1 unspecified atom stereocenters. The van der Waals surface area contributed by atoms with E-state index in [0.717, 1.165) is 24.9 Å². The molecular formula is C13H18N4O2. The Morgan fingerprint density at radius 1 is 1.53 bits per heavy atom. The average molecular weight is 262 g/mol. The first kappa shape index (κ1) is 13.5. The molecule has 2 amide bonds. The van der Waals surface area contributed by atoms with Gasteiger partial charge in [-0.15, -0.1) is 0 Å². The van der Waals surface area contributed by atoms with E-state index >= 15 is 0 Å². The Balaban J connectivity index is 1.99. The van der Waals surface area contributed by atoms with Crippen LogP contribution in [0.4, 0.5) is 0 Å². The van der Waals surface area contributed by atoms with Gasteiger partial charge in [0, 0.05) is 18.9 Å². The Morgan fingerprint density at radius 2 is 2.37 bits per heavy atom. The molecule has 6 heteroatoms. The molecule has 6 nitrogen and oxygen atoms in total. The van der Waals surface area contributed by atoms with Gasteiger partial charge in [-0.3, -0.25) is 14.6 Å². The number of aromatic nitrogens is 1. The van der Waals surface area contributed by atoms with Crippen LogP contribution in [0.15, 0.2) is 24.5 Å². The third-order valence-corrected chi connectivity index (χ3v) is 3.26. The summed E-state index contributed by atoms with van der Waals surface area (Å²) in [5.74, 6) is -0.390. The van der Waals surface area contributed by atoms with Gasteiger partial charge in [-0.2, -0.15) is 0 Å². The van der Waals surface area contributed by atoms with E-state index < -0.39 is 0 Å². The zero-order valence-electron chi connectivity index (χ0n) is 10.7. The van der Waals surface area contributed by atoms with E-state index in [1.165, 1.54) is 0 Å². The van der Waals surface area contributed by atoms with Crippen LogP contribution in [0.2, 0.25) is 0 Å². The number of likely N-dealkylation sites (tertiary alicyclic amines) is 1. The van der Waals surface area contributed by atoms with Crippen molar-refractivity contribution < 1.29 is 9.59 Å². The largest absolute Gasteiger partial charge is 0.346 e. The molecule has 1 fully saturated rings. The van der Waals surface area contributed by atoms with Gasteiger partial charge in [0.25, 0.3) is 0 Å². The maximum atomic E-state index is 12.1. The van der Waals surface area contributed by atoms with Gasteiger partial charge in [-0.1, -0.05) is 6.07 Å². The van der Waals surface area contributed by atoms with Crippen LogP contribution in [0.1, 0.15) is 24.4 Å².